The number of amides is 4. The van der Waals surface area contributed by atoms with Gasteiger partial charge in [0.25, 0.3) is 11.4 Å². The van der Waals surface area contributed by atoms with Gasteiger partial charge in [0.15, 0.2) is 0 Å². The smallest absolute Gasteiger partial charge is 0.306 e. The zero-order valence-electron chi connectivity index (χ0n) is 39.3. The van der Waals surface area contributed by atoms with Crippen LogP contribution in [0.4, 0.5) is 32.8 Å². The molecule has 370 valence electrons. The van der Waals surface area contributed by atoms with Crippen molar-refractivity contribution in [2.75, 3.05) is 42.8 Å². The average molecular weight is 978 g/mol. The second-order valence-corrected chi connectivity index (χ2v) is 18.7. The third-order valence-corrected chi connectivity index (χ3v) is 13.8. The maximum atomic E-state index is 15.2. The summed E-state index contributed by atoms with van der Waals surface area (Å²) in [5.41, 5.74) is 0.00246. The third kappa shape index (κ3) is 11.4. The van der Waals surface area contributed by atoms with Crippen LogP contribution in [0.2, 0.25) is 5.02 Å². The highest BCUT2D eigenvalue weighted by Gasteiger charge is 2.42. The average Bonchev–Trinajstić information content (AvgIpc) is 4.11. The number of carbonyl (C=O) groups is 6. The Hall–Kier alpha value is -6.70. The third-order valence-electron chi connectivity index (χ3n) is 13.5. The Kier molecular flexibility index (Phi) is 16.6. The molecule has 2 N–H and O–H groups in total. The standard InChI is InChI=1S/C48H57ClFN7O12/c1-26(2)31(24-43(58)68-5)47(62)53-19-7-9-39(53)45(60)51-35-15-11-28(21-41(35)56(64)65)37-17-18-38(55(37)30-13-14-33(49)34(50)23-30)29-12-16-36(42(22-29)57(66)67)52-46(61)40-10-8-20-54(40)48(63)32(27(3)4)25-44(59)69-6/h11-16,21-23,26-27,31-32,37-40H,7-10,17-20,24-25H2,1-6H3,(H,51,60)(H,52,61)/t31-,32-,37+,38+,39-,40-/m0/s1. The first-order valence-corrected chi connectivity index (χ1v) is 23.3. The number of ether oxygens (including phenoxy) is 2. The molecule has 0 spiro atoms. The number of nitro benzene ring substituents is 2. The normalized spacial score (nSPS) is 19.9. The lowest BCUT2D eigenvalue weighted by molar-refractivity contribution is -0.384. The molecule has 19 nitrogen and oxygen atoms in total. The molecular weight excluding hydrogens is 921 g/mol. The molecule has 3 saturated heterocycles. The van der Waals surface area contributed by atoms with Gasteiger partial charge in [0.1, 0.15) is 29.3 Å². The lowest BCUT2D eigenvalue weighted by Gasteiger charge is -2.33. The molecule has 69 heavy (non-hydrogen) atoms. The maximum absolute atomic E-state index is 15.2. The first kappa shape index (κ1) is 51.7. The highest BCUT2D eigenvalue weighted by Crippen LogP contribution is 2.49. The van der Waals surface area contributed by atoms with Crippen LogP contribution in [-0.4, -0.2) is 94.6 Å². The van der Waals surface area contributed by atoms with E-state index in [0.717, 1.165) is 0 Å². The van der Waals surface area contributed by atoms with Crippen LogP contribution in [0.1, 0.15) is 102 Å². The molecule has 0 radical (unpaired) electrons. The van der Waals surface area contributed by atoms with Gasteiger partial charge in [0.2, 0.25) is 23.6 Å². The first-order chi connectivity index (χ1) is 32.7. The van der Waals surface area contributed by atoms with E-state index in [-0.39, 0.29) is 54.2 Å². The Labute approximate surface area is 403 Å². The number of halogens is 2. The van der Waals surface area contributed by atoms with Crippen molar-refractivity contribution in [2.24, 2.45) is 23.7 Å². The second kappa shape index (κ2) is 22.2. The molecule has 4 amide bonds. The molecule has 3 aromatic carbocycles. The predicted molar refractivity (Wildman–Crippen MR) is 251 cm³/mol. The highest BCUT2D eigenvalue weighted by atomic mass is 35.5. The highest BCUT2D eigenvalue weighted by molar-refractivity contribution is 6.30. The van der Waals surface area contributed by atoms with E-state index in [1.165, 1.54) is 60.4 Å². The Bertz CT molecular complexity index is 2360. The number of esters is 2. The van der Waals surface area contributed by atoms with Crippen molar-refractivity contribution in [3.8, 4) is 0 Å². The van der Waals surface area contributed by atoms with Gasteiger partial charge in [0, 0.05) is 30.9 Å². The number of carbonyl (C=O) groups excluding carboxylic acids is 6. The Balaban J connectivity index is 1.27. The van der Waals surface area contributed by atoms with Crippen LogP contribution >= 0.6 is 11.6 Å². The fourth-order valence-corrected chi connectivity index (χ4v) is 9.82. The Morgan fingerprint density at radius 3 is 1.46 bits per heavy atom. The number of hydrogen-bond donors (Lipinski definition) is 2. The number of nitro groups is 2. The molecule has 0 unspecified atom stereocenters. The van der Waals surface area contributed by atoms with E-state index in [0.29, 0.717) is 55.3 Å². The van der Waals surface area contributed by atoms with Crippen molar-refractivity contribution in [1.82, 2.24) is 9.80 Å². The van der Waals surface area contributed by atoms with Crippen molar-refractivity contribution >= 4 is 75.6 Å². The first-order valence-electron chi connectivity index (χ1n) is 22.9. The van der Waals surface area contributed by atoms with Crippen molar-refractivity contribution < 1.29 is 52.5 Å². The molecule has 0 saturated carbocycles. The summed E-state index contributed by atoms with van der Waals surface area (Å²) in [6.07, 6.45) is 1.93. The Morgan fingerprint density at radius 1 is 0.681 bits per heavy atom. The second-order valence-electron chi connectivity index (χ2n) is 18.3. The summed E-state index contributed by atoms with van der Waals surface area (Å²) in [5, 5.41) is 30.5. The van der Waals surface area contributed by atoms with Crippen LogP contribution in [0.3, 0.4) is 0 Å². The fraction of sp³-hybridized carbons (Fsp3) is 0.500. The number of nitrogens with one attached hydrogen (secondary N) is 2. The zero-order valence-corrected chi connectivity index (χ0v) is 40.0. The molecule has 6 atom stereocenters. The topological polar surface area (TPSA) is 241 Å². The summed E-state index contributed by atoms with van der Waals surface area (Å²) < 4.78 is 24.8. The lowest BCUT2D eigenvalue weighted by Crippen LogP contribution is -2.47. The van der Waals surface area contributed by atoms with E-state index in [4.69, 9.17) is 21.1 Å². The van der Waals surface area contributed by atoms with Crippen molar-refractivity contribution in [2.45, 2.75) is 103 Å². The van der Waals surface area contributed by atoms with Gasteiger partial charge in [-0.25, -0.2) is 4.39 Å². The van der Waals surface area contributed by atoms with E-state index in [9.17, 15) is 49.0 Å². The molecule has 3 heterocycles. The van der Waals surface area contributed by atoms with Crippen molar-refractivity contribution in [3.05, 3.63) is 96.8 Å². The maximum Gasteiger partial charge on any atom is 0.306 e. The molecule has 3 fully saturated rings. The number of anilines is 3. The van der Waals surface area contributed by atoms with Crippen molar-refractivity contribution in [3.63, 3.8) is 0 Å². The van der Waals surface area contributed by atoms with Gasteiger partial charge in [0.05, 0.1) is 65.8 Å². The number of hydrogen-bond acceptors (Lipinski definition) is 13. The van der Waals surface area contributed by atoms with Gasteiger partial charge >= 0.3 is 11.9 Å². The number of benzene rings is 3. The van der Waals surface area contributed by atoms with E-state index in [2.05, 4.69) is 10.6 Å². The van der Waals surface area contributed by atoms with E-state index >= 15 is 4.39 Å². The van der Waals surface area contributed by atoms with Crippen LogP contribution in [0.15, 0.2) is 54.6 Å². The molecule has 6 rings (SSSR count). The summed E-state index contributed by atoms with van der Waals surface area (Å²) in [5.74, 6) is -5.91. The monoisotopic (exact) mass is 977 g/mol. The fourth-order valence-electron chi connectivity index (χ4n) is 9.70. The number of rotatable bonds is 17. The quantitative estimate of drug-likeness (QED) is 0.0743. The summed E-state index contributed by atoms with van der Waals surface area (Å²) >= 11 is 6.09. The summed E-state index contributed by atoms with van der Waals surface area (Å²) in [6.45, 7) is 7.67. The van der Waals surface area contributed by atoms with Gasteiger partial charge < -0.3 is 34.8 Å². The molecule has 21 heteroatoms. The molecule has 3 aromatic rings. The minimum atomic E-state index is -0.950. The summed E-state index contributed by atoms with van der Waals surface area (Å²) in [6, 6.07) is 9.46. The van der Waals surface area contributed by atoms with Crippen LogP contribution < -0.4 is 15.5 Å². The molecule has 3 aliphatic rings. The van der Waals surface area contributed by atoms with Crippen LogP contribution in [0.25, 0.3) is 0 Å². The molecule has 0 aliphatic carbocycles. The van der Waals surface area contributed by atoms with Crippen LogP contribution in [0, 0.1) is 49.7 Å². The van der Waals surface area contributed by atoms with Gasteiger partial charge in [-0.2, -0.15) is 0 Å². The zero-order chi connectivity index (χ0) is 50.4. The lowest BCUT2D eigenvalue weighted by atomic mass is 9.90. The summed E-state index contributed by atoms with van der Waals surface area (Å²) in [4.78, 5) is 108. The minimum absolute atomic E-state index is 0.124. The largest absolute Gasteiger partial charge is 0.469 e. The van der Waals surface area contributed by atoms with Crippen molar-refractivity contribution in [1.29, 1.82) is 0 Å². The van der Waals surface area contributed by atoms with Gasteiger partial charge in [-0.15, -0.1) is 0 Å². The minimum Gasteiger partial charge on any atom is -0.469 e. The van der Waals surface area contributed by atoms with Gasteiger partial charge in [-0.3, -0.25) is 49.0 Å². The van der Waals surface area contributed by atoms with Gasteiger partial charge in [-0.1, -0.05) is 51.4 Å². The van der Waals surface area contributed by atoms with Crippen LogP contribution in [-0.2, 0) is 38.2 Å². The molecule has 0 bridgehead atoms. The molecule has 3 aliphatic heterocycles. The van der Waals surface area contributed by atoms with E-state index < -0.39 is 98.6 Å². The molecular formula is C48H57ClFN7O12. The number of nitrogens with zero attached hydrogens (tertiary/aromatic N) is 5. The SMILES string of the molecule is COC(=O)C[C@H](C(=O)N1CCC[C@H]1C(=O)Nc1ccc([C@H]2CC[C@H](c3ccc(NC(=O)[C@@H]4CCCN4C(=O)[C@@H](CC(=O)OC)C(C)C)c([N+](=O)[O-])c3)N2c2ccc(Cl)c(F)c2)cc1[N+](=O)[O-])C(C)C. The van der Waals surface area contributed by atoms with Gasteiger partial charge in [-0.05, 0) is 91.8 Å². The Morgan fingerprint density at radius 2 is 1.10 bits per heavy atom. The van der Waals surface area contributed by atoms with Crippen LogP contribution in [0.5, 0.6) is 0 Å². The van der Waals surface area contributed by atoms with E-state index in [1.807, 2.05) is 0 Å². The summed E-state index contributed by atoms with van der Waals surface area (Å²) in [7, 11) is 2.45. The number of methoxy groups -OCH3 is 2. The van der Waals surface area contributed by atoms with E-state index in [1.54, 1.807) is 50.8 Å². The predicted octanol–water partition coefficient (Wildman–Crippen LogP) is 7.91. The molecule has 0 aromatic heterocycles. The number of likely N-dealkylation sites (tertiary alicyclic amines) is 2.